The van der Waals surface area contributed by atoms with E-state index in [1.54, 1.807) is 17.4 Å². The number of halogens is 2. The molecular formula is C14H10BrFN2S. The van der Waals surface area contributed by atoms with Crippen molar-refractivity contribution in [2.45, 2.75) is 6.92 Å². The van der Waals surface area contributed by atoms with Gasteiger partial charge in [-0.3, -0.25) is 0 Å². The number of thiazole rings is 1. The highest BCUT2D eigenvalue weighted by Crippen LogP contribution is 2.31. The van der Waals surface area contributed by atoms with Crippen molar-refractivity contribution < 1.29 is 4.39 Å². The van der Waals surface area contributed by atoms with Crippen LogP contribution in [0.5, 0.6) is 0 Å². The third-order valence-electron chi connectivity index (χ3n) is 2.72. The maximum absolute atomic E-state index is 13.0. The Hall–Kier alpha value is -1.46. The Morgan fingerprint density at radius 1 is 1.21 bits per heavy atom. The van der Waals surface area contributed by atoms with Gasteiger partial charge in [-0.05, 0) is 58.7 Å². The van der Waals surface area contributed by atoms with Gasteiger partial charge in [0.25, 0.3) is 0 Å². The smallest absolute Gasteiger partial charge is 0.188 e. The van der Waals surface area contributed by atoms with Gasteiger partial charge in [0.1, 0.15) is 5.82 Å². The van der Waals surface area contributed by atoms with Crippen molar-refractivity contribution in [1.29, 1.82) is 0 Å². The molecule has 19 heavy (non-hydrogen) atoms. The lowest BCUT2D eigenvalue weighted by molar-refractivity contribution is 0.627. The van der Waals surface area contributed by atoms with Crippen LogP contribution in [0.1, 0.15) is 5.56 Å². The van der Waals surface area contributed by atoms with E-state index in [-0.39, 0.29) is 5.82 Å². The Kier molecular flexibility index (Phi) is 3.24. The first-order valence-electron chi connectivity index (χ1n) is 5.71. The van der Waals surface area contributed by atoms with Crippen LogP contribution < -0.4 is 5.32 Å². The highest BCUT2D eigenvalue weighted by atomic mass is 79.9. The largest absolute Gasteiger partial charge is 0.331 e. The Balaban J connectivity index is 1.96. The lowest BCUT2D eigenvalue weighted by Crippen LogP contribution is -1.90. The highest BCUT2D eigenvalue weighted by molar-refractivity contribution is 9.10. The summed E-state index contributed by atoms with van der Waals surface area (Å²) in [5.74, 6) is -0.266. The van der Waals surface area contributed by atoms with Crippen molar-refractivity contribution in [1.82, 2.24) is 4.98 Å². The van der Waals surface area contributed by atoms with E-state index in [9.17, 15) is 4.39 Å². The first-order chi connectivity index (χ1) is 9.11. The van der Waals surface area contributed by atoms with Crippen LogP contribution in [0.4, 0.5) is 15.2 Å². The monoisotopic (exact) mass is 336 g/mol. The molecule has 0 aliphatic rings. The van der Waals surface area contributed by atoms with Crippen LogP contribution in [-0.4, -0.2) is 4.98 Å². The molecule has 3 rings (SSSR count). The number of aryl methyl sites for hydroxylation is 1. The topological polar surface area (TPSA) is 24.9 Å². The molecule has 0 spiro atoms. The molecule has 0 unspecified atom stereocenters. The molecule has 0 saturated heterocycles. The van der Waals surface area contributed by atoms with Crippen molar-refractivity contribution in [3.05, 3.63) is 52.3 Å². The molecule has 0 fully saturated rings. The average Bonchev–Trinajstić information content (AvgIpc) is 2.74. The molecule has 96 valence electrons. The molecule has 2 nitrogen and oxygen atoms in total. The molecule has 1 heterocycles. The fourth-order valence-corrected chi connectivity index (χ4v) is 3.22. The van der Waals surface area contributed by atoms with Gasteiger partial charge in [0, 0.05) is 4.47 Å². The molecule has 0 amide bonds. The van der Waals surface area contributed by atoms with Gasteiger partial charge in [-0.15, -0.1) is 0 Å². The number of nitrogens with zero attached hydrogens (tertiary/aromatic N) is 1. The molecule has 0 bridgehead atoms. The second kappa shape index (κ2) is 4.90. The first kappa shape index (κ1) is 12.6. The number of fused-ring (bicyclic) bond motifs is 1. The lowest BCUT2D eigenvalue weighted by Gasteiger charge is -2.04. The quantitative estimate of drug-likeness (QED) is 0.691. The molecule has 0 aliphatic heterocycles. The number of benzene rings is 2. The second-order valence-electron chi connectivity index (χ2n) is 4.24. The van der Waals surface area contributed by atoms with Gasteiger partial charge in [-0.1, -0.05) is 17.4 Å². The van der Waals surface area contributed by atoms with E-state index in [0.29, 0.717) is 4.47 Å². The zero-order valence-electron chi connectivity index (χ0n) is 10.1. The predicted molar refractivity (Wildman–Crippen MR) is 81.7 cm³/mol. The van der Waals surface area contributed by atoms with Crippen LogP contribution in [-0.2, 0) is 0 Å². The Morgan fingerprint density at radius 3 is 2.84 bits per heavy atom. The Bertz CT molecular complexity index is 754. The number of hydrogen-bond acceptors (Lipinski definition) is 3. The summed E-state index contributed by atoms with van der Waals surface area (Å²) >= 11 is 4.92. The summed E-state index contributed by atoms with van der Waals surface area (Å²) in [7, 11) is 0. The molecule has 5 heteroatoms. The molecule has 0 aliphatic carbocycles. The van der Waals surface area contributed by atoms with Crippen molar-refractivity contribution >= 4 is 48.3 Å². The van der Waals surface area contributed by atoms with Crippen LogP contribution in [0.3, 0.4) is 0 Å². The fourth-order valence-electron chi connectivity index (χ4n) is 1.79. The van der Waals surface area contributed by atoms with E-state index >= 15 is 0 Å². The third kappa shape index (κ3) is 2.62. The van der Waals surface area contributed by atoms with Crippen LogP contribution >= 0.6 is 27.3 Å². The van der Waals surface area contributed by atoms with E-state index in [1.165, 1.54) is 17.7 Å². The van der Waals surface area contributed by atoms with E-state index in [1.807, 2.05) is 12.1 Å². The van der Waals surface area contributed by atoms with Gasteiger partial charge in [0.05, 0.1) is 15.9 Å². The molecule has 1 N–H and O–H groups in total. The van der Waals surface area contributed by atoms with Crippen molar-refractivity contribution in [3.63, 3.8) is 0 Å². The minimum absolute atomic E-state index is 0.266. The van der Waals surface area contributed by atoms with Crippen LogP contribution in [0, 0.1) is 12.7 Å². The van der Waals surface area contributed by atoms with Crippen molar-refractivity contribution in [2.24, 2.45) is 0 Å². The number of anilines is 2. The summed E-state index contributed by atoms with van der Waals surface area (Å²) in [6.07, 6.45) is 0. The maximum Gasteiger partial charge on any atom is 0.188 e. The van der Waals surface area contributed by atoms with Gasteiger partial charge in [-0.2, -0.15) is 0 Å². The summed E-state index contributed by atoms with van der Waals surface area (Å²) in [6, 6.07) is 10.7. The van der Waals surface area contributed by atoms with Crippen LogP contribution in [0.15, 0.2) is 40.9 Å². The number of rotatable bonds is 2. The zero-order valence-corrected chi connectivity index (χ0v) is 12.5. The summed E-state index contributed by atoms with van der Waals surface area (Å²) < 4.78 is 14.9. The van der Waals surface area contributed by atoms with Gasteiger partial charge in [0.2, 0.25) is 0 Å². The van der Waals surface area contributed by atoms with E-state index in [2.05, 4.69) is 39.2 Å². The van der Waals surface area contributed by atoms with Gasteiger partial charge in [-0.25, -0.2) is 9.37 Å². The molecule has 3 aromatic rings. The van der Waals surface area contributed by atoms with Gasteiger partial charge in [0.15, 0.2) is 5.13 Å². The molecule has 0 radical (unpaired) electrons. The average molecular weight is 337 g/mol. The van der Waals surface area contributed by atoms with E-state index < -0.39 is 0 Å². The third-order valence-corrected chi connectivity index (χ3v) is 4.31. The lowest BCUT2D eigenvalue weighted by atomic mass is 10.2. The van der Waals surface area contributed by atoms with Crippen LogP contribution in [0.2, 0.25) is 0 Å². The normalized spacial score (nSPS) is 10.9. The SMILES string of the molecule is Cc1ccc2nc(Nc3ccc(F)cc3Br)sc2c1. The molecule has 0 atom stereocenters. The number of nitrogens with one attached hydrogen (secondary N) is 1. The highest BCUT2D eigenvalue weighted by Gasteiger charge is 2.07. The van der Waals surface area contributed by atoms with Crippen molar-refractivity contribution in [2.75, 3.05) is 5.32 Å². The summed E-state index contributed by atoms with van der Waals surface area (Å²) in [6.45, 7) is 2.06. The minimum atomic E-state index is -0.266. The molecule has 2 aromatic carbocycles. The maximum atomic E-state index is 13.0. The number of hydrogen-bond donors (Lipinski definition) is 1. The molecule has 0 saturated carbocycles. The van der Waals surface area contributed by atoms with E-state index in [0.717, 1.165) is 21.0 Å². The number of aromatic nitrogens is 1. The Morgan fingerprint density at radius 2 is 2.05 bits per heavy atom. The van der Waals surface area contributed by atoms with E-state index in [4.69, 9.17) is 0 Å². The standard InChI is InChI=1S/C14H10BrFN2S/c1-8-2-4-12-13(6-8)19-14(18-12)17-11-5-3-9(16)7-10(11)15/h2-7H,1H3,(H,17,18). The fraction of sp³-hybridized carbons (Fsp3) is 0.0714. The second-order valence-corrected chi connectivity index (χ2v) is 6.12. The zero-order chi connectivity index (χ0) is 13.4. The summed E-state index contributed by atoms with van der Waals surface area (Å²) in [4.78, 5) is 4.51. The molecule has 1 aromatic heterocycles. The van der Waals surface area contributed by atoms with Crippen LogP contribution in [0.25, 0.3) is 10.2 Å². The molecular weight excluding hydrogens is 327 g/mol. The summed E-state index contributed by atoms with van der Waals surface area (Å²) in [5, 5.41) is 4.00. The summed E-state index contributed by atoms with van der Waals surface area (Å²) in [5.41, 5.74) is 2.99. The van der Waals surface area contributed by atoms with Gasteiger partial charge >= 0.3 is 0 Å². The van der Waals surface area contributed by atoms with Crippen molar-refractivity contribution in [3.8, 4) is 0 Å². The first-order valence-corrected chi connectivity index (χ1v) is 7.32. The Labute approximate surface area is 122 Å². The van der Waals surface area contributed by atoms with Gasteiger partial charge < -0.3 is 5.32 Å². The predicted octanol–water partition coefficient (Wildman–Crippen LogP) is 5.25. The minimum Gasteiger partial charge on any atom is -0.331 e.